The summed E-state index contributed by atoms with van der Waals surface area (Å²) in [6, 6.07) is 4.09. The third kappa shape index (κ3) is 3.27. The SMILES string of the molecule is Cn1nc(-c2nnc([C@]3(C)CCNC3=O)o2)c(Nc2ccc(C(F)(F)F)cc2)c1F. The van der Waals surface area contributed by atoms with Gasteiger partial charge < -0.3 is 15.1 Å². The number of nitrogens with zero attached hydrogens (tertiary/aromatic N) is 4. The maximum absolute atomic E-state index is 14.6. The predicted octanol–water partition coefficient (Wildman–Crippen LogP) is 3.15. The highest BCUT2D eigenvalue weighted by Gasteiger charge is 2.44. The summed E-state index contributed by atoms with van der Waals surface area (Å²) < 4.78 is 59.4. The second kappa shape index (κ2) is 6.82. The first-order chi connectivity index (χ1) is 14.1. The summed E-state index contributed by atoms with van der Waals surface area (Å²) in [5.41, 5.74) is -1.80. The molecule has 0 spiro atoms. The van der Waals surface area contributed by atoms with E-state index in [-0.39, 0.29) is 34.8 Å². The van der Waals surface area contributed by atoms with E-state index in [9.17, 15) is 22.4 Å². The lowest BCUT2D eigenvalue weighted by molar-refractivity contribution is -0.137. The predicted molar refractivity (Wildman–Crippen MR) is 96.2 cm³/mol. The molecule has 3 heterocycles. The number of nitrogens with one attached hydrogen (secondary N) is 2. The third-order valence-corrected chi connectivity index (χ3v) is 4.97. The molecule has 4 rings (SSSR count). The molecule has 30 heavy (non-hydrogen) atoms. The minimum absolute atomic E-state index is 0.0318. The number of anilines is 2. The first-order valence-electron chi connectivity index (χ1n) is 8.89. The lowest BCUT2D eigenvalue weighted by atomic mass is 9.89. The smallest absolute Gasteiger partial charge is 0.416 e. The fourth-order valence-electron chi connectivity index (χ4n) is 3.13. The van der Waals surface area contributed by atoms with Gasteiger partial charge >= 0.3 is 6.18 Å². The molecule has 8 nitrogen and oxygen atoms in total. The molecule has 0 radical (unpaired) electrons. The van der Waals surface area contributed by atoms with Crippen molar-refractivity contribution in [1.82, 2.24) is 25.3 Å². The molecular formula is C18H16F4N6O2. The first kappa shape index (κ1) is 19.9. The van der Waals surface area contributed by atoms with Gasteiger partial charge in [0.05, 0.1) is 5.56 Å². The standard InChI is InChI=1S/C18H16F4N6O2/c1-17(7-8-23-15(17)29)16-26-25-14(30-16)12-11(13(19)28(2)27-12)24-10-5-3-9(4-6-10)18(20,21)22/h3-6,24H,7-8H2,1-2H3,(H,23,29)/t17-/m1/s1. The number of alkyl halides is 3. The highest BCUT2D eigenvalue weighted by atomic mass is 19.4. The molecule has 1 fully saturated rings. The van der Waals surface area contributed by atoms with E-state index in [4.69, 9.17) is 4.42 Å². The maximum Gasteiger partial charge on any atom is 0.416 e. The fraction of sp³-hybridized carbons (Fsp3) is 0.333. The molecule has 3 aromatic rings. The number of amides is 1. The molecule has 1 saturated heterocycles. The van der Waals surface area contributed by atoms with E-state index in [1.54, 1.807) is 6.92 Å². The van der Waals surface area contributed by atoms with Crippen LogP contribution in [0.2, 0.25) is 0 Å². The van der Waals surface area contributed by atoms with E-state index < -0.39 is 23.1 Å². The molecular weight excluding hydrogens is 408 g/mol. The molecule has 1 aliphatic heterocycles. The lowest BCUT2D eigenvalue weighted by Crippen LogP contribution is -2.32. The van der Waals surface area contributed by atoms with Crippen LogP contribution in [0.15, 0.2) is 28.7 Å². The van der Waals surface area contributed by atoms with Crippen LogP contribution in [-0.4, -0.2) is 32.4 Å². The second-order valence-electron chi connectivity index (χ2n) is 7.09. The van der Waals surface area contributed by atoms with Gasteiger partial charge in [0.15, 0.2) is 5.69 Å². The van der Waals surface area contributed by atoms with Crippen LogP contribution >= 0.6 is 0 Å². The molecule has 158 valence electrons. The van der Waals surface area contributed by atoms with Gasteiger partial charge in [-0.2, -0.15) is 22.7 Å². The Morgan fingerprint density at radius 3 is 2.53 bits per heavy atom. The minimum atomic E-state index is -4.48. The molecule has 1 amide bonds. The Kier molecular flexibility index (Phi) is 4.51. The van der Waals surface area contributed by atoms with Crippen LogP contribution in [0.5, 0.6) is 0 Å². The van der Waals surface area contributed by atoms with Gasteiger partial charge in [0.1, 0.15) is 11.1 Å². The number of hydrogen-bond acceptors (Lipinski definition) is 6. The lowest BCUT2D eigenvalue weighted by Gasteiger charge is -2.14. The Morgan fingerprint density at radius 2 is 1.93 bits per heavy atom. The summed E-state index contributed by atoms with van der Waals surface area (Å²) in [7, 11) is 1.35. The largest absolute Gasteiger partial charge is 0.418 e. The Morgan fingerprint density at radius 1 is 1.23 bits per heavy atom. The highest BCUT2D eigenvalue weighted by Crippen LogP contribution is 2.36. The van der Waals surface area contributed by atoms with E-state index in [2.05, 4.69) is 25.9 Å². The molecule has 12 heteroatoms. The Bertz CT molecular complexity index is 1110. The Labute approximate surface area is 167 Å². The molecule has 0 saturated carbocycles. The third-order valence-electron chi connectivity index (χ3n) is 4.97. The summed E-state index contributed by atoms with van der Waals surface area (Å²) in [6.45, 7) is 2.12. The normalized spacial score (nSPS) is 19.2. The Hall–Kier alpha value is -3.44. The van der Waals surface area contributed by atoms with Gasteiger partial charge in [-0.25, -0.2) is 4.68 Å². The minimum Gasteiger partial charge on any atom is -0.418 e. The zero-order valence-electron chi connectivity index (χ0n) is 15.8. The van der Waals surface area contributed by atoms with E-state index in [0.29, 0.717) is 13.0 Å². The van der Waals surface area contributed by atoms with Gasteiger partial charge in [-0.05, 0) is 37.6 Å². The number of aromatic nitrogens is 4. The van der Waals surface area contributed by atoms with Crippen molar-refractivity contribution in [3.8, 4) is 11.6 Å². The number of aryl methyl sites for hydroxylation is 1. The molecule has 1 aromatic carbocycles. The molecule has 0 unspecified atom stereocenters. The van der Waals surface area contributed by atoms with E-state index >= 15 is 0 Å². The van der Waals surface area contributed by atoms with Gasteiger partial charge in [0.25, 0.3) is 5.89 Å². The van der Waals surface area contributed by atoms with Crippen molar-refractivity contribution in [3.63, 3.8) is 0 Å². The van der Waals surface area contributed by atoms with Crippen LogP contribution in [0.1, 0.15) is 24.8 Å². The number of halogens is 4. The van der Waals surface area contributed by atoms with Crippen molar-refractivity contribution in [2.45, 2.75) is 24.9 Å². The number of carbonyl (C=O) groups excluding carboxylic acids is 1. The van der Waals surface area contributed by atoms with Gasteiger partial charge in [-0.3, -0.25) is 4.79 Å². The van der Waals surface area contributed by atoms with Crippen LogP contribution in [0, 0.1) is 5.95 Å². The van der Waals surface area contributed by atoms with Crippen molar-refractivity contribution >= 4 is 17.3 Å². The van der Waals surface area contributed by atoms with Gasteiger partial charge in [0.2, 0.25) is 17.7 Å². The van der Waals surface area contributed by atoms with Gasteiger partial charge in [0, 0.05) is 19.3 Å². The molecule has 0 aliphatic carbocycles. The molecule has 1 aliphatic rings. The van der Waals surface area contributed by atoms with Gasteiger partial charge in [-0.1, -0.05) is 0 Å². The van der Waals surface area contributed by atoms with E-state index in [1.807, 2.05) is 0 Å². The van der Waals surface area contributed by atoms with E-state index in [1.165, 1.54) is 19.2 Å². The second-order valence-corrected chi connectivity index (χ2v) is 7.09. The van der Waals surface area contributed by atoms with Crippen LogP contribution in [0.4, 0.5) is 28.9 Å². The first-order valence-corrected chi connectivity index (χ1v) is 8.89. The van der Waals surface area contributed by atoms with E-state index in [0.717, 1.165) is 16.8 Å². The zero-order chi connectivity index (χ0) is 21.7. The number of benzene rings is 1. The molecule has 2 N–H and O–H groups in total. The van der Waals surface area contributed by atoms with Crippen molar-refractivity contribution in [2.24, 2.45) is 7.05 Å². The number of carbonyl (C=O) groups is 1. The van der Waals surface area contributed by atoms with Crippen LogP contribution in [-0.2, 0) is 23.4 Å². The monoisotopic (exact) mass is 424 g/mol. The van der Waals surface area contributed by atoms with Gasteiger partial charge in [-0.15, -0.1) is 10.2 Å². The summed E-state index contributed by atoms with van der Waals surface area (Å²) in [5, 5.41) is 17.2. The van der Waals surface area contributed by atoms with Crippen molar-refractivity contribution in [1.29, 1.82) is 0 Å². The zero-order valence-corrected chi connectivity index (χ0v) is 15.8. The highest BCUT2D eigenvalue weighted by molar-refractivity contribution is 5.88. The molecule has 0 bridgehead atoms. The summed E-state index contributed by atoms with van der Waals surface area (Å²) in [5.74, 6) is -1.10. The summed E-state index contributed by atoms with van der Waals surface area (Å²) in [6.07, 6.45) is -4.02. The van der Waals surface area contributed by atoms with Crippen LogP contribution in [0.3, 0.4) is 0 Å². The number of rotatable bonds is 4. The summed E-state index contributed by atoms with van der Waals surface area (Å²) in [4.78, 5) is 12.1. The topological polar surface area (TPSA) is 97.9 Å². The average Bonchev–Trinajstić information content (AvgIpc) is 3.37. The molecule has 2 aromatic heterocycles. The van der Waals surface area contributed by atoms with Crippen molar-refractivity contribution in [3.05, 3.63) is 41.7 Å². The summed E-state index contributed by atoms with van der Waals surface area (Å²) >= 11 is 0. The quantitative estimate of drug-likeness (QED) is 0.625. The van der Waals surface area contributed by atoms with Crippen molar-refractivity contribution < 1.29 is 26.8 Å². The molecule has 1 atom stereocenters. The maximum atomic E-state index is 14.6. The van der Waals surface area contributed by atoms with Crippen LogP contribution in [0.25, 0.3) is 11.6 Å². The fourth-order valence-corrected chi connectivity index (χ4v) is 3.13. The Balaban J connectivity index is 1.67. The van der Waals surface area contributed by atoms with Crippen molar-refractivity contribution in [2.75, 3.05) is 11.9 Å². The number of hydrogen-bond donors (Lipinski definition) is 2. The van der Waals surface area contributed by atoms with Crippen LogP contribution < -0.4 is 10.6 Å². The average molecular weight is 424 g/mol.